The van der Waals surface area contributed by atoms with Crippen LogP contribution < -0.4 is 4.90 Å². The monoisotopic (exact) mass is 354 g/mol. The van der Waals surface area contributed by atoms with Gasteiger partial charge in [-0.3, -0.25) is 4.79 Å². The van der Waals surface area contributed by atoms with Crippen molar-refractivity contribution in [2.24, 2.45) is 0 Å². The van der Waals surface area contributed by atoms with Crippen molar-refractivity contribution >= 4 is 38.4 Å². The molecule has 0 amide bonds. The molecule has 0 saturated carbocycles. The van der Waals surface area contributed by atoms with E-state index >= 15 is 0 Å². The predicted molar refractivity (Wildman–Crippen MR) is 85.4 cm³/mol. The topological polar surface area (TPSA) is 53.4 Å². The Labute approximate surface area is 130 Å². The van der Waals surface area contributed by atoms with Crippen molar-refractivity contribution in [3.05, 3.63) is 34.1 Å². The number of carboxylic acids is 1. The van der Waals surface area contributed by atoms with Crippen LogP contribution in [0.5, 0.6) is 0 Å². The van der Waals surface area contributed by atoms with Gasteiger partial charge in [0.25, 0.3) is 0 Å². The van der Waals surface area contributed by atoms with Crippen molar-refractivity contribution < 1.29 is 9.90 Å². The number of hydrogen-bond acceptors (Lipinski definition) is 4. The minimum atomic E-state index is -0.756. The third-order valence-corrected chi connectivity index (χ3v) is 4.33. The average molecular weight is 355 g/mol. The molecule has 1 aromatic heterocycles. The molecule has 106 valence electrons. The number of carbonyl (C=O) groups is 1. The summed E-state index contributed by atoms with van der Waals surface area (Å²) in [6.45, 7) is 0.694. The largest absolute Gasteiger partial charge is 0.481 e. The zero-order chi connectivity index (χ0) is 14.5. The third kappa shape index (κ3) is 4.05. The second-order valence-corrected chi connectivity index (χ2v) is 6.19. The SMILES string of the molecule is CN(CCCC(=O)O)c1nc(-c2ccc(Br)cc2)cs1. The number of rotatable bonds is 6. The molecule has 0 aliphatic rings. The van der Waals surface area contributed by atoms with E-state index in [0.717, 1.165) is 20.9 Å². The van der Waals surface area contributed by atoms with E-state index in [2.05, 4.69) is 20.9 Å². The number of carboxylic acid groups (broad SMARTS) is 1. The molecule has 4 nitrogen and oxygen atoms in total. The standard InChI is InChI=1S/C14H15BrN2O2S/c1-17(8-2-3-13(18)19)14-16-12(9-20-14)10-4-6-11(15)7-5-10/h4-7,9H,2-3,8H2,1H3,(H,18,19). The van der Waals surface area contributed by atoms with Crippen LogP contribution in [0.4, 0.5) is 5.13 Å². The fourth-order valence-corrected chi connectivity index (χ4v) is 2.85. The lowest BCUT2D eigenvalue weighted by Crippen LogP contribution is -2.19. The highest BCUT2D eigenvalue weighted by atomic mass is 79.9. The Morgan fingerprint density at radius 2 is 2.10 bits per heavy atom. The summed E-state index contributed by atoms with van der Waals surface area (Å²) in [4.78, 5) is 17.1. The second kappa shape index (κ2) is 6.85. The van der Waals surface area contributed by atoms with Gasteiger partial charge in [0.2, 0.25) is 0 Å². The van der Waals surface area contributed by atoms with E-state index in [-0.39, 0.29) is 6.42 Å². The molecule has 0 aliphatic carbocycles. The van der Waals surface area contributed by atoms with Gasteiger partial charge >= 0.3 is 5.97 Å². The Balaban J connectivity index is 2.01. The van der Waals surface area contributed by atoms with Gasteiger partial charge in [0.1, 0.15) is 0 Å². The Morgan fingerprint density at radius 1 is 1.40 bits per heavy atom. The molecule has 2 rings (SSSR count). The minimum absolute atomic E-state index is 0.190. The molecule has 0 aliphatic heterocycles. The summed E-state index contributed by atoms with van der Waals surface area (Å²) in [6.07, 6.45) is 0.814. The summed E-state index contributed by atoms with van der Waals surface area (Å²) in [5.74, 6) is -0.756. The van der Waals surface area contributed by atoms with Crippen molar-refractivity contribution in [1.29, 1.82) is 0 Å². The van der Waals surface area contributed by atoms with E-state index in [1.807, 2.05) is 41.6 Å². The van der Waals surface area contributed by atoms with Crippen molar-refractivity contribution in [3.63, 3.8) is 0 Å². The number of aliphatic carboxylic acids is 1. The lowest BCUT2D eigenvalue weighted by molar-refractivity contribution is -0.137. The van der Waals surface area contributed by atoms with Crippen LogP contribution in [0.15, 0.2) is 34.1 Å². The van der Waals surface area contributed by atoms with Gasteiger partial charge in [0, 0.05) is 35.4 Å². The van der Waals surface area contributed by atoms with Gasteiger partial charge in [-0.2, -0.15) is 0 Å². The lowest BCUT2D eigenvalue weighted by Gasteiger charge is -2.14. The van der Waals surface area contributed by atoms with E-state index in [0.29, 0.717) is 13.0 Å². The van der Waals surface area contributed by atoms with E-state index < -0.39 is 5.97 Å². The van der Waals surface area contributed by atoms with Crippen LogP contribution in [0.2, 0.25) is 0 Å². The molecule has 0 fully saturated rings. The first kappa shape index (κ1) is 15.0. The van der Waals surface area contributed by atoms with Crippen molar-refractivity contribution in [3.8, 4) is 11.3 Å². The first-order valence-electron chi connectivity index (χ1n) is 6.20. The average Bonchev–Trinajstić information content (AvgIpc) is 2.88. The normalized spacial score (nSPS) is 10.5. The number of thiazole rings is 1. The fourth-order valence-electron chi connectivity index (χ4n) is 1.76. The molecule has 1 heterocycles. The molecule has 0 radical (unpaired) electrons. The summed E-state index contributed by atoms with van der Waals surface area (Å²) in [6, 6.07) is 8.02. The molecule has 1 aromatic carbocycles. The first-order chi connectivity index (χ1) is 9.56. The van der Waals surface area contributed by atoms with Crippen LogP contribution in [0.1, 0.15) is 12.8 Å². The third-order valence-electron chi connectivity index (χ3n) is 2.84. The highest BCUT2D eigenvalue weighted by Gasteiger charge is 2.09. The number of nitrogens with zero attached hydrogens (tertiary/aromatic N) is 2. The van der Waals surface area contributed by atoms with Gasteiger partial charge < -0.3 is 10.0 Å². The van der Waals surface area contributed by atoms with Gasteiger partial charge in [-0.05, 0) is 18.6 Å². The summed E-state index contributed by atoms with van der Waals surface area (Å²) in [5, 5.41) is 11.6. The van der Waals surface area contributed by atoms with Crippen molar-refractivity contribution in [2.75, 3.05) is 18.5 Å². The smallest absolute Gasteiger partial charge is 0.303 e. The van der Waals surface area contributed by atoms with Crippen LogP contribution in [-0.4, -0.2) is 29.7 Å². The van der Waals surface area contributed by atoms with E-state index in [9.17, 15) is 4.79 Å². The molecule has 2 aromatic rings. The maximum absolute atomic E-state index is 10.5. The lowest BCUT2D eigenvalue weighted by atomic mass is 10.2. The summed E-state index contributed by atoms with van der Waals surface area (Å²) >= 11 is 4.98. The van der Waals surface area contributed by atoms with Crippen molar-refractivity contribution in [2.45, 2.75) is 12.8 Å². The molecule has 0 saturated heterocycles. The highest BCUT2D eigenvalue weighted by Crippen LogP contribution is 2.27. The van der Waals surface area contributed by atoms with Crippen LogP contribution in [0.25, 0.3) is 11.3 Å². The van der Waals surface area contributed by atoms with Crippen LogP contribution >= 0.6 is 27.3 Å². The number of hydrogen-bond donors (Lipinski definition) is 1. The Morgan fingerprint density at radius 3 is 2.75 bits per heavy atom. The molecule has 0 bridgehead atoms. The van der Waals surface area contributed by atoms with Crippen LogP contribution in [-0.2, 0) is 4.79 Å². The number of aromatic nitrogens is 1. The zero-order valence-electron chi connectivity index (χ0n) is 11.0. The zero-order valence-corrected chi connectivity index (χ0v) is 13.4. The fraction of sp³-hybridized carbons (Fsp3) is 0.286. The first-order valence-corrected chi connectivity index (χ1v) is 7.88. The summed E-state index contributed by atoms with van der Waals surface area (Å²) in [7, 11) is 1.94. The van der Waals surface area contributed by atoms with Gasteiger partial charge in [-0.25, -0.2) is 4.98 Å². The van der Waals surface area contributed by atoms with E-state index in [1.165, 1.54) is 0 Å². The number of halogens is 1. The Hall–Kier alpha value is -1.40. The van der Waals surface area contributed by atoms with Gasteiger partial charge in [-0.1, -0.05) is 28.1 Å². The van der Waals surface area contributed by atoms with Crippen LogP contribution in [0, 0.1) is 0 Å². The Kier molecular flexibility index (Phi) is 5.14. The molecule has 0 spiro atoms. The number of benzene rings is 1. The maximum Gasteiger partial charge on any atom is 0.303 e. The molecular formula is C14H15BrN2O2S. The van der Waals surface area contributed by atoms with Gasteiger partial charge in [-0.15, -0.1) is 11.3 Å². The predicted octanol–water partition coefficient (Wildman–Crippen LogP) is 3.87. The summed E-state index contributed by atoms with van der Waals surface area (Å²) < 4.78 is 1.04. The van der Waals surface area contributed by atoms with Crippen LogP contribution in [0.3, 0.4) is 0 Å². The molecular weight excluding hydrogens is 340 g/mol. The van der Waals surface area contributed by atoms with E-state index in [1.54, 1.807) is 11.3 Å². The maximum atomic E-state index is 10.5. The van der Waals surface area contributed by atoms with Crippen molar-refractivity contribution in [1.82, 2.24) is 4.98 Å². The Bertz CT molecular complexity index is 583. The molecule has 1 N–H and O–H groups in total. The highest BCUT2D eigenvalue weighted by molar-refractivity contribution is 9.10. The summed E-state index contributed by atoms with van der Waals surface area (Å²) in [5.41, 5.74) is 2.03. The van der Waals surface area contributed by atoms with Gasteiger partial charge in [0.15, 0.2) is 5.13 Å². The van der Waals surface area contributed by atoms with Gasteiger partial charge in [0.05, 0.1) is 5.69 Å². The minimum Gasteiger partial charge on any atom is -0.481 e. The second-order valence-electron chi connectivity index (χ2n) is 4.44. The van der Waals surface area contributed by atoms with E-state index in [4.69, 9.17) is 5.11 Å². The molecule has 6 heteroatoms. The molecule has 20 heavy (non-hydrogen) atoms. The molecule has 0 unspecified atom stereocenters. The molecule has 0 atom stereocenters. The number of anilines is 1. The quantitative estimate of drug-likeness (QED) is 0.855.